The Labute approximate surface area is 280 Å². The highest BCUT2D eigenvalue weighted by Crippen LogP contribution is 2.34. The Bertz CT molecular complexity index is 1400. The minimum absolute atomic E-state index is 0.00160. The molecule has 2 N–H and O–H groups in total. The summed E-state index contributed by atoms with van der Waals surface area (Å²) in [6, 6.07) is 11.3. The number of phenols is 1. The van der Waals surface area contributed by atoms with Gasteiger partial charge >= 0.3 is 12.1 Å². The van der Waals surface area contributed by atoms with Crippen LogP contribution in [0.4, 0.5) is 15.3 Å². The van der Waals surface area contributed by atoms with Crippen LogP contribution in [0.15, 0.2) is 36.4 Å². The Balaban J connectivity index is 1.09. The summed E-state index contributed by atoms with van der Waals surface area (Å²) < 4.78 is 5.97. The number of benzene rings is 2. The number of carbonyl (C=O) groups excluding carboxylic acids is 3. The first-order chi connectivity index (χ1) is 22.3. The van der Waals surface area contributed by atoms with Gasteiger partial charge in [0, 0.05) is 56.9 Å². The SMILES string of the molecule is O=C(O[C@H](Cc1cc(Cl)c(O)c(Cl)c1)C(=O)N1CCC(N2CCCCC2)CC1)N1CCC(N2CCc3ccccc3NC2=O)CC1. The molecule has 10 nitrogen and oxygen atoms in total. The number of urea groups is 1. The molecule has 0 spiro atoms. The molecule has 0 unspecified atom stereocenters. The van der Waals surface area contributed by atoms with E-state index in [9.17, 15) is 19.5 Å². The zero-order valence-electron chi connectivity index (χ0n) is 26.1. The number of aromatic hydroxyl groups is 1. The van der Waals surface area contributed by atoms with Gasteiger partial charge in [0.25, 0.3) is 5.91 Å². The van der Waals surface area contributed by atoms with Crippen molar-refractivity contribution in [3.63, 3.8) is 0 Å². The van der Waals surface area contributed by atoms with Crippen molar-refractivity contribution in [3.8, 4) is 5.75 Å². The summed E-state index contributed by atoms with van der Waals surface area (Å²) in [4.78, 5) is 48.3. The van der Waals surface area contributed by atoms with Crippen LogP contribution in [0.1, 0.15) is 56.1 Å². The van der Waals surface area contributed by atoms with Gasteiger partial charge in [-0.1, -0.05) is 47.8 Å². The molecule has 1 atom stereocenters. The highest BCUT2D eigenvalue weighted by atomic mass is 35.5. The summed E-state index contributed by atoms with van der Waals surface area (Å²) in [6.07, 6.45) is 5.99. The standard InChI is InChI=1S/C34H43Cl2N5O5/c35-27-20-23(21-28(36)31(27)42)22-30(32(43)39-15-9-25(10-16-39)38-13-4-1-5-14-38)46-34(45)40-17-11-26(12-18-40)41-19-8-24-6-2-3-7-29(24)37-33(41)44/h2-3,6-7,20-21,25-26,30,42H,1,4-5,8-19,22H2,(H,37,44)/t30-/m1/s1. The number of rotatable bonds is 6. The number of phenolic OH excluding ortho intramolecular Hbond substituents is 1. The van der Waals surface area contributed by atoms with E-state index in [1.807, 2.05) is 34.1 Å². The number of anilines is 1. The fourth-order valence-electron chi connectivity index (χ4n) is 7.36. The summed E-state index contributed by atoms with van der Waals surface area (Å²) in [5.41, 5.74) is 2.55. The van der Waals surface area contributed by atoms with Crippen LogP contribution < -0.4 is 5.32 Å². The van der Waals surface area contributed by atoms with Crippen molar-refractivity contribution in [2.75, 3.05) is 51.1 Å². The highest BCUT2D eigenvalue weighted by molar-refractivity contribution is 6.37. The molecule has 4 aliphatic rings. The Morgan fingerprint density at radius 3 is 2.20 bits per heavy atom. The van der Waals surface area contributed by atoms with Gasteiger partial charge in [-0.05, 0) is 87.4 Å². The molecule has 0 aliphatic carbocycles. The van der Waals surface area contributed by atoms with Crippen molar-refractivity contribution in [1.82, 2.24) is 19.6 Å². The number of para-hydroxylation sites is 1. The van der Waals surface area contributed by atoms with Crippen LogP contribution in [0.25, 0.3) is 0 Å². The molecule has 2 aromatic carbocycles. The van der Waals surface area contributed by atoms with Crippen molar-refractivity contribution in [2.45, 2.75) is 76.0 Å². The van der Waals surface area contributed by atoms with E-state index in [1.54, 1.807) is 17.0 Å². The molecule has 4 amide bonds. The number of fused-ring (bicyclic) bond motifs is 1. The third-order valence-corrected chi connectivity index (χ3v) is 10.6. The topological polar surface area (TPSA) is 106 Å². The minimum atomic E-state index is -1.07. The lowest BCUT2D eigenvalue weighted by Gasteiger charge is -2.41. The lowest BCUT2D eigenvalue weighted by molar-refractivity contribution is -0.142. The molecule has 2 aromatic rings. The van der Waals surface area contributed by atoms with E-state index in [1.165, 1.54) is 19.3 Å². The Hall–Kier alpha value is -3.21. The first-order valence-corrected chi connectivity index (χ1v) is 17.3. The predicted octanol–water partition coefficient (Wildman–Crippen LogP) is 5.78. The van der Waals surface area contributed by atoms with Crippen molar-refractivity contribution >= 4 is 46.9 Å². The lowest BCUT2D eigenvalue weighted by atomic mass is 9.99. The van der Waals surface area contributed by atoms with Gasteiger partial charge in [0.1, 0.15) is 0 Å². The normalized spacial score (nSPS) is 20.9. The second-order valence-electron chi connectivity index (χ2n) is 12.9. The molecule has 4 aliphatic heterocycles. The van der Waals surface area contributed by atoms with Crippen molar-refractivity contribution in [2.24, 2.45) is 0 Å². The van der Waals surface area contributed by atoms with E-state index in [4.69, 9.17) is 27.9 Å². The molecule has 0 aromatic heterocycles. The Morgan fingerprint density at radius 2 is 1.50 bits per heavy atom. The lowest BCUT2D eigenvalue weighted by Crippen LogP contribution is -2.53. The van der Waals surface area contributed by atoms with Gasteiger partial charge in [-0.2, -0.15) is 0 Å². The average molecular weight is 673 g/mol. The van der Waals surface area contributed by atoms with Crippen LogP contribution in [0.3, 0.4) is 0 Å². The van der Waals surface area contributed by atoms with Gasteiger partial charge in [0.15, 0.2) is 11.9 Å². The zero-order valence-corrected chi connectivity index (χ0v) is 27.6. The number of likely N-dealkylation sites (tertiary alicyclic amines) is 3. The first kappa shape index (κ1) is 32.7. The number of hydrogen-bond donors (Lipinski definition) is 2. The van der Waals surface area contributed by atoms with Crippen LogP contribution in [0.5, 0.6) is 5.75 Å². The average Bonchev–Trinajstić information content (AvgIpc) is 3.25. The maximum atomic E-state index is 13.9. The molecule has 3 saturated heterocycles. The molecule has 0 saturated carbocycles. The van der Waals surface area contributed by atoms with Crippen molar-refractivity contribution in [1.29, 1.82) is 0 Å². The van der Waals surface area contributed by atoms with Gasteiger partial charge in [-0.3, -0.25) is 4.79 Å². The van der Waals surface area contributed by atoms with Gasteiger partial charge in [0.05, 0.1) is 10.0 Å². The molecular formula is C34H43Cl2N5O5. The third kappa shape index (κ3) is 7.50. The molecule has 0 radical (unpaired) electrons. The van der Waals surface area contributed by atoms with E-state index in [-0.39, 0.29) is 40.2 Å². The van der Waals surface area contributed by atoms with Crippen LogP contribution >= 0.6 is 23.2 Å². The van der Waals surface area contributed by atoms with Crippen molar-refractivity contribution < 1.29 is 24.2 Å². The van der Waals surface area contributed by atoms with Gasteiger partial charge in [0.2, 0.25) is 0 Å². The van der Waals surface area contributed by atoms with E-state index < -0.39 is 12.2 Å². The fourth-order valence-corrected chi connectivity index (χ4v) is 7.89. The molecular weight excluding hydrogens is 629 g/mol. The summed E-state index contributed by atoms with van der Waals surface area (Å²) in [6.45, 7) is 4.90. The summed E-state index contributed by atoms with van der Waals surface area (Å²) >= 11 is 12.4. The number of nitrogens with zero attached hydrogens (tertiary/aromatic N) is 4. The zero-order chi connectivity index (χ0) is 32.2. The molecule has 4 heterocycles. The molecule has 0 bridgehead atoms. The number of carbonyl (C=O) groups is 3. The third-order valence-electron chi connectivity index (χ3n) is 10.0. The number of nitrogens with one attached hydrogen (secondary N) is 1. The number of halogens is 2. The summed E-state index contributed by atoms with van der Waals surface area (Å²) in [5, 5.41) is 13.2. The monoisotopic (exact) mass is 671 g/mol. The highest BCUT2D eigenvalue weighted by Gasteiger charge is 2.36. The molecule has 6 rings (SSSR count). The molecule has 12 heteroatoms. The smallest absolute Gasteiger partial charge is 0.410 e. The van der Waals surface area contributed by atoms with Crippen LogP contribution in [-0.4, -0.2) is 107 Å². The number of piperidine rings is 3. The summed E-state index contributed by atoms with van der Waals surface area (Å²) in [7, 11) is 0. The Kier molecular flexibility index (Phi) is 10.5. The van der Waals surface area contributed by atoms with Crippen LogP contribution in [0.2, 0.25) is 10.0 Å². The first-order valence-electron chi connectivity index (χ1n) is 16.6. The van der Waals surface area contributed by atoms with E-state index in [0.29, 0.717) is 57.2 Å². The second-order valence-corrected chi connectivity index (χ2v) is 13.7. The number of hydrogen-bond acceptors (Lipinski definition) is 6. The van der Waals surface area contributed by atoms with Crippen LogP contribution in [0, 0.1) is 0 Å². The predicted molar refractivity (Wildman–Crippen MR) is 178 cm³/mol. The second kappa shape index (κ2) is 14.7. The van der Waals surface area contributed by atoms with Gasteiger partial charge in [-0.25, -0.2) is 9.59 Å². The van der Waals surface area contributed by atoms with E-state index in [2.05, 4.69) is 10.2 Å². The van der Waals surface area contributed by atoms with Gasteiger partial charge < -0.3 is 34.8 Å². The largest absolute Gasteiger partial charge is 0.505 e. The van der Waals surface area contributed by atoms with Crippen LogP contribution in [-0.2, 0) is 22.4 Å². The maximum absolute atomic E-state index is 13.9. The minimum Gasteiger partial charge on any atom is -0.505 e. The molecule has 248 valence electrons. The van der Waals surface area contributed by atoms with Crippen molar-refractivity contribution in [3.05, 3.63) is 57.6 Å². The molecule has 46 heavy (non-hydrogen) atoms. The fraction of sp³-hybridized carbons (Fsp3) is 0.559. The summed E-state index contributed by atoms with van der Waals surface area (Å²) in [5.74, 6) is -0.460. The molecule has 3 fully saturated rings. The maximum Gasteiger partial charge on any atom is 0.410 e. The number of ether oxygens (including phenoxy) is 1. The Morgan fingerprint density at radius 1 is 0.870 bits per heavy atom. The van der Waals surface area contributed by atoms with E-state index >= 15 is 0 Å². The van der Waals surface area contributed by atoms with Gasteiger partial charge in [-0.15, -0.1) is 0 Å². The number of amides is 4. The quantitative estimate of drug-likeness (QED) is 0.404. The van der Waals surface area contributed by atoms with E-state index in [0.717, 1.165) is 43.6 Å².